The lowest BCUT2D eigenvalue weighted by molar-refractivity contribution is -0.120. The molecule has 6 nitrogen and oxygen atoms in total. The molecule has 0 saturated heterocycles. The van der Waals surface area contributed by atoms with Crippen molar-refractivity contribution in [1.82, 2.24) is 10.3 Å². The number of ether oxygens (including phenoxy) is 1. The Hall–Kier alpha value is -3.61. The first kappa shape index (κ1) is 19.7. The number of fused-ring (bicyclic) bond motifs is 2. The van der Waals surface area contributed by atoms with Crippen LogP contribution in [0.5, 0.6) is 5.75 Å². The van der Waals surface area contributed by atoms with Crippen molar-refractivity contribution in [3.8, 4) is 5.75 Å². The average molecular weight is 408 g/mol. The number of halogens is 1. The van der Waals surface area contributed by atoms with Gasteiger partial charge in [0.25, 0.3) is 0 Å². The Balaban J connectivity index is 1.45. The Bertz CT molecular complexity index is 1310. The first-order valence-electron chi connectivity index (χ1n) is 9.59. The van der Waals surface area contributed by atoms with E-state index in [9.17, 15) is 14.0 Å². The number of carbonyl (C=O) groups is 1. The topological polar surface area (TPSA) is 84.3 Å². The summed E-state index contributed by atoms with van der Waals surface area (Å²) in [5.74, 6) is 0.0144. The molecule has 2 aromatic carbocycles. The predicted octanol–water partition coefficient (Wildman–Crippen LogP) is 3.63. The first-order chi connectivity index (χ1) is 14.5. The van der Waals surface area contributed by atoms with Crippen LogP contribution in [0.4, 0.5) is 4.39 Å². The molecule has 154 valence electrons. The number of hydrogen-bond donors (Lipinski definition) is 2. The van der Waals surface area contributed by atoms with Crippen molar-refractivity contribution < 1.29 is 18.3 Å². The van der Waals surface area contributed by atoms with Gasteiger partial charge in [-0.3, -0.25) is 4.79 Å². The third-order valence-electron chi connectivity index (χ3n) is 5.28. The summed E-state index contributed by atoms with van der Waals surface area (Å²) >= 11 is 0. The molecule has 0 fully saturated rings. The smallest absolute Gasteiger partial charge is 0.340 e. The standard InChI is InChI=1S/C23H21FN2O4/c1-13-17-5-4-16(29-2)10-21(17)30-23(28)18(13)11-22(27)25-8-7-14-12-26-20-6-3-15(24)9-19(14)20/h3-6,9-10,12,26H,7-8,11H2,1-2H3,(H,25,27). The molecule has 2 heterocycles. The maximum absolute atomic E-state index is 13.5. The average Bonchev–Trinajstić information content (AvgIpc) is 3.12. The molecule has 4 aromatic rings. The van der Waals surface area contributed by atoms with Gasteiger partial charge in [0.2, 0.25) is 5.91 Å². The fourth-order valence-corrected chi connectivity index (χ4v) is 3.62. The van der Waals surface area contributed by atoms with E-state index in [0.29, 0.717) is 35.4 Å². The molecule has 7 heteroatoms. The van der Waals surface area contributed by atoms with Crippen LogP contribution in [0.25, 0.3) is 21.9 Å². The lowest BCUT2D eigenvalue weighted by Crippen LogP contribution is -2.29. The number of aromatic amines is 1. The van der Waals surface area contributed by atoms with Gasteiger partial charge in [-0.25, -0.2) is 9.18 Å². The first-order valence-corrected chi connectivity index (χ1v) is 9.59. The fourth-order valence-electron chi connectivity index (χ4n) is 3.62. The van der Waals surface area contributed by atoms with Crippen LogP contribution >= 0.6 is 0 Å². The Kier molecular flexibility index (Phi) is 5.27. The summed E-state index contributed by atoms with van der Waals surface area (Å²) in [6.07, 6.45) is 2.28. The zero-order valence-electron chi connectivity index (χ0n) is 16.7. The summed E-state index contributed by atoms with van der Waals surface area (Å²) in [5, 5.41) is 4.38. The molecular weight excluding hydrogens is 387 g/mol. The highest BCUT2D eigenvalue weighted by Gasteiger charge is 2.15. The molecule has 0 saturated carbocycles. The van der Waals surface area contributed by atoms with E-state index in [0.717, 1.165) is 21.9 Å². The number of nitrogens with one attached hydrogen (secondary N) is 2. The van der Waals surface area contributed by atoms with Crippen LogP contribution in [0.15, 0.2) is 51.8 Å². The number of amides is 1. The summed E-state index contributed by atoms with van der Waals surface area (Å²) in [6.45, 7) is 2.17. The Morgan fingerprint density at radius 1 is 1.20 bits per heavy atom. The van der Waals surface area contributed by atoms with Gasteiger partial charge in [0.05, 0.1) is 19.1 Å². The van der Waals surface area contributed by atoms with Crippen molar-refractivity contribution in [2.75, 3.05) is 13.7 Å². The molecule has 2 aromatic heterocycles. The van der Waals surface area contributed by atoms with E-state index in [2.05, 4.69) is 10.3 Å². The second kappa shape index (κ2) is 8.02. The minimum Gasteiger partial charge on any atom is -0.497 e. The van der Waals surface area contributed by atoms with Crippen LogP contribution in [0.1, 0.15) is 16.7 Å². The van der Waals surface area contributed by atoms with E-state index in [1.54, 1.807) is 25.1 Å². The minimum absolute atomic E-state index is 0.0708. The summed E-state index contributed by atoms with van der Waals surface area (Å²) in [4.78, 5) is 27.9. The van der Waals surface area contributed by atoms with Gasteiger partial charge < -0.3 is 19.5 Å². The summed E-state index contributed by atoms with van der Waals surface area (Å²) in [6, 6.07) is 9.80. The van der Waals surface area contributed by atoms with E-state index in [-0.39, 0.29) is 18.1 Å². The Morgan fingerprint density at radius 3 is 2.83 bits per heavy atom. The molecule has 4 rings (SSSR count). The number of benzene rings is 2. The van der Waals surface area contributed by atoms with Gasteiger partial charge in [0, 0.05) is 35.1 Å². The van der Waals surface area contributed by atoms with Crippen LogP contribution in [0.3, 0.4) is 0 Å². The molecule has 0 radical (unpaired) electrons. The number of hydrogen-bond acceptors (Lipinski definition) is 4. The van der Waals surface area contributed by atoms with Crippen LogP contribution in [0, 0.1) is 12.7 Å². The Morgan fingerprint density at radius 2 is 2.03 bits per heavy atom. The fraction of sp³-hybridized carbons (Fsp3) is 0.217. The van der Waals surface area contributed by atoms with Gasteiger partial charge in [-0.15, -0.1) is 0 Å². The monoisotopic (exact) mass is 408 g/mol. The van der Waals surface area contributed by atoms with Gasteiger partial charge in [-0.2, -0.15) is 0 Å². The summed E-state index contributed by atoms with van der Waals surface area (Å²) in [7, 11) is 1.54. The molecule has 0 aliphatic carbocycles. The number of methoxy groups -OCH3 is 1. The van der Waals surface area contributed by atoms with Gasteiger partial charge in [0.15, 0.2) is 0 Å². The molecule has 0 aliphatic rings. The van der Waals surface area contributed by atoms with E-state index in [1.807, 2.05) is 12.3 Å². The van der Waals surface area contributed by atoms with Crippen molar-refractivity contribution in [3.05, 3.63) is 75.5 Å². The van der Waals surface area contributed by atoms with Crippen molar-refractivity contribution >= 4 is 27.8 Å². The highest BCUT2D eigenvalue weighted by Crippen LogP contribution is 2.24. The van der Waals surface area contributed by atoms with Gasteiger partial charge >= 0.3 is 5.63 Å². The van der Waals surface area contributed by atoms with Crippen molar-refractivity contribution in [1.29, 1.82) is 0 Å². The largest absolute Gasteiger partial charge is 0.497 e. The van der Waals surface area contributed by atoms with Gasteiger partial charge in [-0.1, -0.05) is 0 Å². The molecule has 0 aliphatic heterocycles. The summed E-state index contributed by atoms with van der Waals surface area (Å²) < 4.78 is 24.0. The highest BCUT2D eigenvalue weighted by atomic mass is 19.1. The second-order valence-electron chi connectivity index (χ2n) is 7.14. The highest BCUT2D eigenvalue weighted by molar-refractivity contribution is 5.86. The molecule has 1 amide bonds. The number of H-pyrrole nitrogens is 1. The van der Waals surface area contributed by atoms with Crippen LogP contribution < -0.4 is 15.7 Å². The van der Waals surface area contributed by atoms with Crippen LogP contribution in [-0.2, 0) is 17.6 Å². The van der Waals surface area contributed by atoms with Crippen LogP contribution in [0.2, 0.25) is 0 Å². The molecule has 0 bridgehead atoms. The second-order valence-corrected chi connectivity index (χ2v) is 7.14. The lowest BCUT2D eigenvalue weighted by Gasteiger charge is -2.09. The molecule has 2 N–H and O–H groups in total. The predicted molar refractivity (Wildman–Crippen MR) is 112 cm³/mol. The number of aromatic nitrogens is 1. The zero-order chi connectivity index (χ0) is 21.3. The van der Waals surface area contributed by atoms with E-state index >= 15 is 0 Å². The third-order valence-corrected chi connectivity index (χ3v) is 5.28. The van der Waals surface area contributed by atoms with E-state index in [4.69, 9.17) is 9.15 Å². The zero-order valence-corrected chi connectivity index (χ0v) is 16.7. The maximum Gasteiger partial charge on any atom is 0.340 e. The third kappa shape index (κ3) is 3.78. The van der Waals surface area contributed by atoms with Gasteiger partial charge in [-0.05, 0) is 54.8 Å². The maximum atomic E-state index is 13.5. The Labute approximate surface area is 171 Å². The minimum atomic E-state index is -0.532. The number of rotatable bonds is 6. The number of aryl methyl sites for hydroxylation is 1. The van der Waals surface area contributed by atoms with Crippen molar-refractivity contribution in [2.24, 2.45) is 0 Å². The van der Waals surface area contributed by atoms with E-state index < -0.39 is 5.63 Å². The number of carbonyl (C=O) groups excluding carboxylic acids is 1. The molecule has 0 unspecified atom stereocenters. The summed E-state index contributed by atoms with van der Waals surface area (Å²) in [5.41, 5.74) is 2.70. The quantitative estimate of drug-likeness (QED) is 0.477. The van der Waals surface area contributed by atoms with Crippen LogP contribution in [-0.4, -0.2) is 24.5 Å². The lowest BCUT2D eigenvalue weighted by atomic mass is 10.0. The van der Waals surface area contributed by atoms with Crippen molar-refractivity contribution in [3.63, 3.8) is 0 Å². The molecule has 0 atom stereocenters. The SMILES string of the molecule is COc1ccc2c(C)c(CC(=O)NCCc3c[nH]c4ccc(F)cc34)c(=O)oc2c1. The van der Waals surface area contributed by atoms with E-state index in [1.165, 1.54) is 19.2 Å². The normalized spacial score (nSPS) is 11.2. The molecular formula is C23H21FN2O4. The molecule has 0 spiro atoms. The van der Waals surface area contributed by atoms with Gasteiger partial charge in [0.1, 0.15) is 17.1 Å². The van der Waals surface area contributed by atoms with Crippen molar-refractivity contribution in [2.45, 2.75) is 19.8 Å². The molecule has 30 heavy (non-hydrogen) atoms.